The second-order valence-electron chi connectivity index (χ2n) is 3.77. The van der Waals surface area contributed by atoms with Crippen LogP contribution in [-0.4, -0.2) is 51.7 Å². The quantitative estimate of drug-likeness (QED) is 0.647. The summed E-state index contributed by atoms with van der Waals surface area (Å²) in [5.74, 6) is -2.00. The summed E-state index contributed by atoms with van der Waals surface area (Å²) in [7, 11) is 2.47. The molecule has 0 aromatic heterocycles. The van der Waals surface area contributed by atoms with Crippen molar-refractivity contribution < 1.29 is 19.8 Å². The van der Waals surface area contributed by atoms with Gasteiger partial charge in [0.1, 0.15) is 0 Å². The summed E-state index contributed by atoms with van der Waals surface area (Å²) >= 11 is 0. The molecule has 0 amide bonds. The van der Waals surface area contributed by atoms with E-state index in [1.807, 2.05) is 0 Å². The molecule has 0 bridgehead atoms. The van der Waals surface area contributed by atoms with Crippen LogP contribution in [0.4, 0.5) is 0 Å². The Kier molecular flexibility index (Phi) is 7.34. The third-order valence-electron chi connectivity index (χ3n) is 2.46. The Labute approximate surface area is 151 Å². The van der Waals surface area contributed by atoms with Gasteiger partial charge in [0, 0.05) is 9.79 Å². The number of hydrogen-bond donors (Lipinski definition) is 2. The Morgan fingerprint density at radius 2 is 1.05 bits per heavy atom. The van der Waals surface area contributed by atoms with E-state index in [1.54, 1.807) is 36.4 Å². The molecule has 2 aromatic carbocycles. The molecule has 0 atom stereocenters. The second-order valence-corrected chi connectivity index (χ2v) is 5.98. The first kappa shape index (κ1) is 18.1. The molecule has 2 rings (SSSR count). The standard InChI is InChI=1S/C14H10O4S2.Na.H/c15-13(16)9-5-1-3-7-11(9)19-20-12-8-4-2-6-10(12)14(17)18;;/h1-8H,(H,15,16)(H,17,18);;. The summed E-state index contributed by atoms with van der Waals surface area (Å²) in [4.78, 5) is 23.4. The molecular formula is C14H11NaO4S2. The van der Waals surface area contributed by atoms with Crippen LogP contribution in [0, 0.1) is 0 Å². The van der Waals surface area contributed by atoms with Crippen molar-refractivity contribution in [2.45, 2.75) is 9.79 Å². The zero-order chi connectivity index (χ0) is 14.5. The van der Waals surface area contributed by atoms with Gasteiger partial charge in [-0.25, -0.2) is 9.59 Å². The number of rotatable bonds is 5. The second kappa shape index (κ2) is 8.51. The van der Waals surface area contributed by atoms with Crippen molar-refractivity contribution in [1.82, 2.24) is 0 Å². The van der Waals surface area contributed by atoms with E-state index in [2.05, 4.69) is 0 Å². The van der Waals surface area contributed by atoms with Gasteiger partial charge < -0.3 is 10.2 Å². The molecule has 2 aromatic rings. The van der Waals surface area contributed by atoms with Gasteiger partial charge in [-0.1, -0.05) is 45.9 Å². The van der Waals surface area contributed by atoms with Gasteiger partial charge in [0.25, 0.3) is 0 Å². The van der Waals surface area contributed by atoms with Gasteiger partial charge >= 0.3 is 41.5 Å². The van der Waals surface area contributed by atoms with Crippen LogP contribution in [0.3, 0.4) is 0 Å². The van der Waals surface area contributed by atoms with E-state index in [-0.39, 0.29) is 40.7 Å². The van der Waals surface area contributed by atoms with Gasteiger partial charge in [-0.2, -0.15) is 0 Å². The molecule has 0 aliphatic rings. The van der Waals surface area contributed by atoms with Gasteiger partial charge in [-0.15, -0.1) is 0 Å². The number of carbonyl (C=O) groups is 2. The van der Waals surface area contributed by atoms with Crippen LogP contribution < -0.4 is 0 Å². The Balaban J connectivity index is 0.00000220. The van der Waals surface area contributed by atoms with Crippen molar-refractivity contribution in [3.8, 4) is 0 Å². The van der Waals surface area contributed by atoms with E-state index in [0.29, 0.717) is 9.79 Å². The van der Waals surface area contributed by atoms with Crippen LogP contribution in [-0.2, 0) is 0 Å². The van der Waals surface area contributed by atoms with Crippen molar-refractivity contribution in [3.63, 3.8) is 0 Å². The fourth-order valence-electron chi connectivity index (χ4n) is 1.52. The van der Waals surface area contributed by atoms with Crippen LogP contribution in [0.15, 0.2) is 58.3 Å². The Hall–Kier alpha value is -0.920. The Bertz CT molecular complexity index is 603. The van der Waals surface area contributed by atoms with E-state index < -0.39 is 11.9 Å². The van der Waals surface area contributed by atoms with Crippen LogP contribution >= 0.6 is 21.6 Å². The maximum atomic E-state index is 11.1. The molecule has 0 radical (unpaired) electrons. The molecule has 0 fully saturated rings. The third kappa shape index (κ3) is 4.79. The number of carboxylic acids is 2. The molecule has 7 heteroatoms. The predicted octanol–water partition coefficient (Wildman–Crippen LogP) is 3.23. The number of carboxylic acid groups (broad SMARTS) is 2. The molecule has 0 heterocycles. The van der Waals surface area contributed by atoms with E-state index in [0.717, 1.165) is 0 Å². The fraction of sp³-hybridized carbons (Fsp3) is 0. The molecule has 0 aliphatic heterocycles. The van der Waals surface area contributed by atoms with E-state index in [9.17, 15) is 9.59 Å². The van der Waals surface area contributed by atoms with Crippen LogP contribution in [0.25, 0.3) is 0 Å². The first-order chi connectivity index (χ1) is 9.59. The van der Waals surface area contributed by atoms with Gasteiger partial charge in [0.2, 0.25) is 0 Å². The first-order valence-electron chi connectivity index (χ1n) is 5.59. The van der Waals surface area contributed by atoms with Crippen LogP contribution in [0.2, 0.25) is 0 Å². The topological polar surface area (TPSA) is 74.6 Å². The molecule has 0 saturated heterocycles. The average Bonchev–Trinajstić information content (AvgIpc) is 2.45. The van der Waals surface area contributed by atoms with Crippen LogP contribution in [0.1, 0.15) is 20.7 Å². The van der Waals surface area contributed by atoms with Gasteiger partial charge in [-0.05, 0) is 24.3 Å². The fourth-order valence-corrected chi connectivity index (χ4v) is 3.87. The zero-order valence-electron chi connectivity index (χ0n) is 10.1. The summed E-state index contributed by atoms with van der Waals surface area (Å²) in [6.45, 7) is 0. The number of hydrogen-bond acceptors (Lipinski definition) is 4. The maximum absolute atomic E-state index is 11.1. The molecule has 0 spiro atoms. The molecule has 104 valence electrons. The third-order valence-corrected chi connectivity index (χ3v) is 4.94. The number of aromatic carboxylic acids is 2. The molecule has 0 saturated carbocycles. The van der Waals surface area contributed by atoms with Crippen molar-refractivity contribution in [2.24, 2.45) is 0 Å². The summed E-state index contributed by atoms with van der Waals surface area (Å²) in [5, 5.41) is 18.2. The van der Waals surface area contributed by atoms with E-state index in [4.69, 9.17) is 10.2 Å². The SMILES string of the molecule is O=C(O)c1ccccc1SSc1ccccc1C(=O)O.[NaH]. The summed E-state index contributed by atoms with van der Waals surface area (Å²) in [6, 6.07) is 13.3. The van der Waals surface area contributed by atoms with Crippen molar-refractivity contribution in [1.29, 1.82) is 0 Å². The van der Waals surface area contributed by atoms with Crippen molar-refractivity contribution in [2.75, 3.05) is 0 Å². The van der Waals surface area contributed by atoms with Gasteiger partial charge in [0.05, 0.1) is 11.1 Å². The first-order valence-corrected chi connectivity index (χ1v) is 7.73. The molecule has 0 unspecified atom stereocenters. The van der Waals surface area contributed by atoms with E-state index >= 15 is 0 Å². The summed E-state index contributed by atoms with van der Waals surface area (Å²) in [6.07, 6.45) is 0. The summed E-state index contributed by atoms with van der Waals surface area (Å²) in [5.41, 5.74) is 0.413. The minimum absolute atomic E-state index is 0. The van der Waals surface area contributed by atoms with Gasteiger partial charge in [-0.3, -0.25) is 0 Å². The van der Waals surface area contributed by atoms with E-state index in [1.165, 1.54) is 33.7 Å². The Morgan fingerprint density at radius 1 is 0.714 bits per heavy atom. The monoisotopic (exact) mass is 330 g/mol. The molecule has 21 heavy (non-hydrogen) atoms. The molecule has 0 aliphatic carbocycles. The predicted molar refractivity (Wildman–Crippen MR) is 85.7 cm³/mol. The zero-order valence-corrected chi connectivity index (χ0v) is 11.8. The van der Waals surface area contributed by atoms with Gasteiger partial charge in [0.15, 0.2) is 0 Å². The average molecular weight is 330 g/mol. The molecular weight excluding hydrogens is 319 g/mol. The molecule has 2 N–H and O–H groups in total. The Morgan fingerprint density at radius 3 is 1.38 bits per heavy atom. The summed E-state index contributed by atoms with van der Waals surface area (Å²) < 4.78 is 0. The van der Waals surface area contributed by atoms with Crippen LogP contribution in [0.5, 0.6) is 0 Å². The van der Waals surface area contributed by atoms with Crippen molar-refractivity contribution in [3.05, 3.63) is 59.7 Å². The van der Waals surface area contributed by atoms with Crippen molar-refractivity contribution >= 4 is 63.1 Å². The normalized spacial score (nSPS) is 9.71. The molecule has 4 nitrogen and oxygen atoms in total. The number of benzene rings is 2. The minimum atomic E-state index is -1.000.